The summed E-state index contributed by atoms with van der Waals surface area (Å²) in [6, 6.07) is 17.5. The summed E-state index contributed by atoms with van der Waals surface area (Å²) in [7, 11) is 0. The lowest BCUT2D eigenvalue weighted by Gasteiger charge is -1.99. The molecule has 0 unspecified atom stereocenters. The van der Waals surface area contributed by atoms with E-state index in [1.807, 2.05) is 60.0 Å². The molecule has 0 atom stereocenters. The Hall–Kier alpha value is -1.78. The average molecular weight is 358 g/mol. The first-order chi connectivity index (χ1) is 10.2. The molecule has 3 aromatic rings. The average Bonchev–Trinajstić information content (AvgIpc) is 2.97. The van der Waals surface area contributed by atoms with Gasteiger partial charge >= 0.3 is 0 Å². The summed E-state index contributed by atoms with van der Waals surface area (Å²) in [6.07, 6.45) is 0.341. The first-order valence-corrected chi connectivity index (χ1v) is 8.18. The van der Waals surface area contributed by atoms with Gasteiger partial charge in [-0.05, 0) is 12.1 Å². The smallest absolute Gasteiger partial charge is 0.169 e. The molecule has 0 saturated heterocycles. The zero-order valence-electron chi connectivity index (χ0n) is 11.1. The van der Waals surface area contributed by atoms with Crippen LogP contribution in [-0.4, -0.2) is 10.8 Å². The molecule has 4 heteroatoms. The molecular weight excluding hydrogens is 346 g/mol. The van der Waals surface area contributed by atoms with Crippen LogP contribution in [0.5, 0.6) is 0 Å². The van der Waals surface area contributed by atoms with Crippen molar-refractivity contribution in [1.29, 1.82) is 0 Å². The fourth-order valence-electron chi connectivity index (χ4n) is 2.03. The van der Waals surface area contributed by atoms with E-state index in [0.29, 0.717) is 12.0 Å². The SMILES string of the molecule is O=C(Cc1nc(-c2ccccc2)cs1)c1cccc(Br)c1. The second-order valence-corrected chi connectivity index (χ2v) is 6.46. The van der Waals surface area contributed by atoms with Crippen LogP contribution in [0.25, 0.3) is 11.3 Å². The zero-order valence-corrected chi connectivity index (χ0v) is 13.5. The molecule has 0 radical (unpaired) electrons. The van der Waals surface area contributed by atoms with Crippen LogP contribution in [0.3, 0.4) is 0 Å². The third kappa shape index (κ3) is 3.46. The third-order valence-electron chi connectivity index (χ3n) is 3.08. The molecule has 0 spiro atoms. The van der Waals surface area contributed by atoms with Crippen molar-refractivity contribution in [3.05, 3.63) is 75.0 Å². The second-order valence-electron chi connectivity index (χ2n) is 4.60. The summed E-state index contributed by atoms with van der Waals surface area (Å²) < 4.78 is 0.914. The summed E-state index contributed by atoms with van der Waals surface area (Å²) in [4.78, 5) is 16.8. The van der Waals surface area contributed by atoms with Crippen molar-refractivity contribution < 1.29 is 4.79 Å². The molecule has 2 nitrogen and oxygen atoms in total. The lowest BCUT2D eigenvalue weighted by Crippen LogP contribution is -2.03. The van der Waals surface area contributed by atoms with Crippen molar-refractivity contribution in [1.82, 2.24) is 4.98 Å². The van der Waals surface area contributed by atoms with Gasteiger partial charge < -0.3 is 0 Å². The largest absolute Gasteiger partial charge is 0.294 e. The van der Waals surface area contributed by atoms with Gasteiger partial charge in [0.05, 0.1) is 12.1 Å². The molecule has 0 aliphatic carbocycles. The van der Waals surface area contributed by atoms with Gasteiger partial charge in [0, 0.05) is 21.0 Å². The molecule has 21 heavy (non-hydrogen) atoms. The lowest BCUT2D eigenvalue weighted by molar-refractivity contribution is 0.0993. The van der Waals surface area contributed by atoms with Crippen molar-refractivity contribution in [2.75, 3.05) is 0 Å². The van der Waals surface area contributed by atoms with E-state index < -0.39 is 0 Å². The van der Waals surface area contributed by atoms with Gasteiger partial charge in [-0.1, -0.05) is 58.4 Å². The van der Waals surface area contributed by atoms with Crippen LogP contribution in [0.2, 0.25) is 0 Å². The van der Waals surface area contributed by atoms with Crippen molar-refractivity contribution >= 4 is 33.0 Å². The summed E-state index contributed by atoms with van der Waals surface area (Å²) in [6.45, 7) is 0. The van der Waals surface area contributed by atoms with Gasteiger partial charge in [0.1, 0.15) is 5.01 Å². The van der Waals surface area contributed by atoms with E-state index in [-0.39, 0.29) is 5.78 Å². The summed E-state index contributed by atoms with van der Waals surface area (Å²) in [5.41, 5.74) is 2.72. The van der Waals surface area contributed by atoms with E-state index in [2.05, 4.69) is 20.9 Å². The van der Waals surface area contributed by atoms with Crippen LogP contribution in [0, 0.1) is 0 Å². The van der Waals surface area contributed by atoms with E-state index in [9.17, 15) is 4.79 Å². The first kappa shape index (κ1) is 14.2. The predicted molar refractivity (Wildman–Crippen MR) is 89.7 cm³/mol. The maximum absolute atomic E-state index is 12.3. The lowest BCUT2D eigenvalue weighted by atomic mass is 10.1. The minimum atomic E-state index is 0.0882. The number of rotatable bonds is 4. The molecule has 0 aliphatic heterocycles. The molecule has 2 aromatic carbocycles. The van der Waals surface area contributed by atoms with E-state index in [4.69, 9.17) is 0 Å². The zero-order chi connectivity index (χ0) is 14.7. The number of carbonyl (C=O) groups excluding carboxylic acids is 1. The predicted octanol–water partition coefficient (Wildman–Crippen LogP) is 5.00. The van der Waals surface area contributed by atoms with Crippen LogP contribution in [0.15, 0.2) is 64.5 Å². The Morgan fingerprint density at radius 3 is 2.67 bits per heavy atom. The van der Waals surface area contributed by atoms with Crippen molar-refractivity contribution in [3.8, 4) is 11.3 Å². The van der Waals surface area contributed by atoms with Crippen LogP contribution < -0.4 is 0 Å². The number of thiazole rings is 1. The fraction of sp³-hybridized carbons (Fsp3) is 0.0588. The number of ketones is 1. The van der Waals surface area contributed by atoms with Crippen molar-refractivity contribution in [3.63, 3.8) is 0 Å². The summed E-state index contributed by atoms with van der Waals surface area (Å²) in [5.74, 6) is 0.0882. The van der Waals surface area contributed by atoms with Gasteiger partial charge in [-0.3, -0.25) is 4.79 Å². The Morgan fingerprint density at radius 1 is 1.10 bits per heavy atom. The molecule has 0 amide bonds. The van der Waals surface area contributed by atoms with Crippen LogP contribution in [-0.2, 0) is 6.42 Å². The highest BCUT2D eigenvalue weighted by Gasteiger charge is 2.11. The molecule has 1 heterocycles. The van der Waals surface area contributed by atoms with Gasteiger partial charge in [0.25, 0.3) is 0 Å². The van der Waals surface area contributed by atoms with Gasteiger partial charge in [-0.25, -0.2) is 4.98 Å². The van der Waals surface area contributed by atoms with Gasteiger partial charge in [0.15, 0.2) is 5.78 Å². The van der Waals surface area contributed by atoms with Gasteiger partial charge in [0.2, 0.25) is 0 Å². The number of aromatic nitrogens is 1. The van der Waals surface area contributed by atoms with Crippen molar-refractivity contribution in [2.24, 2.45) is 0 Å². The molecule has 0 bridgehead atoms. The van der Waals surface area contributed by atoms with Crippen molar-refractivity contribution in [2.45, 2.75) is 6.42 Å². The number of hydrogen-bond donors (Lipinski definition) is 0. The molecule has 104 valence electrons. The van der Waals surface area contributed by atoms with Crippen LogP contribution >= 0.6 is 27.3 Å². The number of benzene rings is 2. The van der Waals surface area contributed by atoms with Gasteiger partial charge in [-0.15, -0.1) is 11.3 Å². The molecule has 0 aliphatic rings. The standard InChI is InChI=1S/C17H12BrNOS/c18-14-8-4-7-13(9-14)16(20)10-17-19-15(11-21-17)12-5-2-1-3-6-12/h1-9,11H,10H2. The fourth-order valence-corrected chi connectivity index (χ4v) is 3.24. The Kier molecular flexibility index (Phi) is 4.27. The summed E-state index contributed by atoms with van der Waals surface area (Å²) in [5, 5.41) is 2.85. The number of halogens is 1. The first-order valence-electron chi connectivity index (χ1n) is 6.51. The maximum atomic E-state index is 12.3. The highest BCUT2D eigenvalue weighted by atomic mass is 79.9. The van der Waals surface area contributed by atoms with E-state index >= 15 is 0 Å². The number of nitrogens with zero attached hydrogens (tertiary/aromatic N) is 1. The normalized spacial score (nSPS) is 10.5. The van der Waals surface area contributed by atoms with E-state index in [0.717, 1.165) is 20.7 Å². The summed E-state index contributed by atoms with van der Waals surface area (Å²) >= 11 is 4.91. The molecule has 1 aromatic heterocycles. The highest BCUT2D eigenvalue weighted by molar-refractivity contribution is 9.10. The molecule has 0 fully saturated rings. The Morgan fingerprint density at radius 2 is 1.90 bits per heavy atom. The second kappa shape index (κ2) is 6.33. The maximum Gasteiger partial charge on any atom is 0.169 e. The molecule has 0 saturated carbocycles. The number of hydrogen-bond acceptors (Lipinski definition) is 3. The van der Waals surface area contributed by atoms with E-state index in [1.165, 1.54) is 11.3 Å². The minimum absolute atomic E-state index is 0.0882. The third-order valence-corrected chi connectivity index (χ3v) is 4.42. The highest BCUT2D eigenvalue weighted by Crippen LogP contribution is 2.22. The molecule has 3 rings (SSSR count). The number of carbonyl (C=O) groups is 1. The Bertz CT molecular complexity index is 767. The monoisotopic (exact) mass is 357 g/mol. The van der Waals surface area contributed by atoms with Crippen LogP contribution in [0.4, 0.5) is 0 Å². The topological polar surface area (TPSA) is 30.0 Å². The van der Waals surface area contributed by atoms with Crippen LogP contribution in [0.1, 0.15) is 15.4 Å². The van der Waals surface area contributed by atoms with E-state index in [1.54, 1.807) is 0 Å². The minimum Gasteiger partial charge on any atom is -0.294 e. The molecular formula is C17H12BrNOS. The number of Topliss-reactive ketones (excluding diaryl/α,β-unsaturated/α-hetero) is 1. The molecule has 0 N–H and O–H groups in total. The Balaban J connectivity index is 1.77. The Labute approximate surface area is 135 Å². The quantitative estimate of drug-likeness (QED) is 0.615. The van der Waals surface area contributed by atoms with Gasteiger partial charge in [-0.2, -0.15) is 0 Å².